The molecule has 136 valence electrons. The summed E-state index contributed by atoms with van der Waals surface area (Å²) in [5.74, 6) is 0. The van der Waals surface area contributed by atoms with Crippen LogP contribution in [0, 0.1) is 0 Å². The number of nitrogens with zero attached hydrogens (tertiary/aromatic N) is 3. The standard InChI is InChI=1S/C22H20ClN3O/c23-17-8-6-16(7-9-17)22(27)10-13-25(14-11-22)19-4-1-5-20-21(19)24-15-18-3-2-12-26(18)20/h1-9,12,15,27H,10-11,13-14H2. The number of anilines is 1. The van der Waals surface area contributed by atoms with E-state index in [9.17, 15) is 5.11 Å². The average molecular weight is 378 g/mol. The molecule has 0 radical (unpaired) electrons. The molecule has 4 aromatic rings. The number of hydrogen-bond acceptors (Lipinski definition) is 3. The third-order valence-corrected chi connectivity index (χ3v) is 5.92. The van der Waals surface area contributed by atoms with Crippen LogP contribution >= 0.6 is 11.6 Å². The van der Waals surface area contributed by atoms with E-state index in [0.29, 0.717) is 17.9 Å². The molecular weight excluding hydrogens is 358 g/mol. The second-order valence-corrected chi connectivity index (χ2v) is 7.67. The Labute approximate surface area is 162 Å². The molecule has 0 unspecified atom stereocenters. The Hall–Kier alpha value is -2.56. The van der Waals surface area contributed by atoms with Gasteiger partial charge >= 0.3 is 0 Å². The fourth-order valence-electron chi connectivity index (χ4n) is 4.12. The molecule has 27 heavy (non-hydrogen) atoms. The number of aromatic nitrogens is 2. The summed E-state index contributed by atoms with van der Waals surface area (Å²) in [6.07, 6.45) is 5.34. The largest absolute Gasteiger partial charge is 0.385 e. The van der Waals surface area contributed by atoms with E-state index in [1.54, 1.807) is 0 Å². The predicted octanol–water partition coefficient (Wildman–Crippen LogP) is 4.63. The first-order chi connectivity index (χ1) is 13.1. The lowest BCUT2D eigenvalue weighted by Gasteiger charge is -2.39. The Morgan fingerprint density at radius 2 is 1.74 bits per heavy atom. The van der Waals surface area contributed by atoms with Crippen molar-refractivity contribution in [2.24, 2.45) is 0 Å². The Morgan fingerprint density at radius 1 is 0.963 bits per heavy atom. The first-order valence-corrected chi connectivity index (χ1v) is 9.60. The third kappa shape index (κ3) is 2.76. The third-order valence-electron chi connectivity index (χ3n) is 5.67. The minimum atomic E-state index is -0.799. The van der Waals surface area contributed by atoms with Crippen molar-refractivity contribution in [1.82, 2.24) is 9.38 Å². The quantitative estimate of drug-likeness (QED) is 0.553. The first kappa shape index (κ1) is 16.6. The van der Waals surface area contributed by atoms with Gasteiger partial charge in [-0.1, -0.05) is 29.8 Å². The Morgan fingerprint density at radius 3 is 2.52 bits per heavy atom. The van der Waals surface area contributed by atoms with Gasteiger partial charge in [0, 0.05) is 24.3 Å². The molecule has 0 aliphatic carbocycles. The number of hydrogen-bond donors (Lipinski definition) is 1. The Balaban J connectivity index is 1.46. The molecule has 5 rings (SSSR count). The van der Waals surface area contributed by atoms with Crippen molar-refractivity contribution in [3.63, 3.8) is 0 Å². The van der Waals surface area contributed by atoms with Crippen molar-refractivity contribution in [3.8, 4) is 0 Å². The summed E-state index contributed by atoms with van der Waals surface area (Å²) in [5, 5.41) is 11.8. The number of halogens is 1. The summed E-state index contributed by atoms with van der Waals surface area (Å²) >= 11 is 5.99. The van der Waals surface area contributed by atoms with E-state index >= 15 is 0 Å². The van der Waals surface area contributed by atoms with Crippen LogP contribution in [-0.4, -0.2) is 27.6 Å². The number of para-hydroxylation sites is 1. The zero-order chi connectivity index (χ0) is 18.4. The van der Waals surface area contributed by atoms with E-state index in [2.05, 4.69) is 39.8 Å². The van der Waals surface area contributed by atoms with Gasteiger partial charge in [0.05, 0.1) is 28.5 Å². The molecule has 1 fully saturated rings. The summed E-state index contributed by atoms with van der Waals surface area (Å²) in [6.45, 7) is 1.56. The summed E-state index contributed by atoms with van der Waals surface area (Å²) in [7, 11) is 0. The van der Waals surface area contributed by atoms with Gasteiger partial charge in [0.15, 0.2) is 0 Å². The molecule has 0 bridgehead atoms. The fourth-order valence-corrected chi connectivity index (χ4v) is 4.24. The normalized spacial score (nSPS) is 16.9. The molecule has 4 nitrogen and oxygen atoms in total. The van der Waals surface area contributed by atoms with Gasteiger partial charge < -0.3 is 14.4 Å². The van der Waals surface area contributed by atoms with Gasteiger partial charge in [0.2, 0.25) is 0 Å². The van der Waals surface area contributed by atoms with E-state index in [1.165, 1.54) is 0 Å². The highest BCUT2D eigenvalue weighted by Gasteiger charge is 2.34. The van der Waals surface area contributed by atoms with Gasteiger partial charge in [0.1, 0.15) is 5.52 Å². The number of rotatable bonds is 2. The molecule has 0 amide bonds. The summed E-state index contributed by atoms with van der Waals surface area (Å²) in [4.78, 5) is 7.05. The van der Waals surface area contributed by atoms with E-state index in [0.717, 1.165) is 40.9 Å². The van der Waals surface area contributed by atoms with E-state index < -0.39 is 5.60 Å². The van der Waals surface area contributed by atoms with Crippen LogP contribution < -0.4 is 4.90 Å². The molecule has 2 aromatic heterocycles. The SMILES string of the molecule is OC1(c2ccc(Cl)cc2)CCN(c2cccc3c2ncc2cccn23)CC1. The number of aliphatic hydroxyl groups is 1. The Bertz CT molecular complexity index is 1110. The smallest absolute Gasteiger partial charge is 0.110 e. The van der Waals surface area contributed by atoms with Crippen molar-refractivity contribution in [2.75, 3.05) is 18.0 Å². The monoisotopic (exact) mass is 377 g/mol. The van der Waals surface area contributed by atoms with Crippen molar-refractivity contribution in [3.05, 3.63) is 77.6 Å². The molecule has 0 saturated carbocycles. The lowest BCUT2D eigenvalue weighted by atomic mass is 9.84. The molecule has 5 heteroatoms. The van der Waals surface area contributed by atoms with Crippen LogP contribution in [0.15, 0.2) is 67.0 Å². The van der Waals surface area contributed by atoms with Crippen LogP contribution in [0.5, 0.6) is 0 Å². The van der Waals surface area contributed by atoms with Gasteiger partial charge in [-0.15, -0.1) is 0 Å². The lowest BCUT2D eigenvalue weighted by molar-refractivity contribution is 0.0118. The highest BCUT2D eigenvalue weighted by atomic mass is 35.5. The van der Waals surface area contributed by atoms with Crippen LogP contribution in [0.1, 0.15) is 18.4 Å². The first-order valence-electron chi connectivity index (χ1n) is 9.22. The molecule has 3 heterocycles. The second-order valence-electron chi connectivity index (χ2n) is 7.23. The summed E-state index contributed by atoms with van der Waals surface area (Å²) in [6, 6.07) is 18.0. The van der Waals surface area contributed by atoms with Crippen molar-refractivity contribution in [1.29, 1.82) is 0 Å². The van der Waals surface area contributed by atoms with E-state index in [-0.39, 0.29) is 0 Å². The molecule has 1 aliphatic rings. The predicted molar refractivity (Wildman–Crippen MR) is 109 cm³/mol. The molecule has 0 atom stereocenters. The number of fused-ring (bicyclic) bond motifs is 3. The zero-order valence-corrected chi connectivity index (χ0v) is 15.6. The summed E-state index contributed by atoms with van der Waals surface area (Å²) in [5.41, 5.74) is 4.47. The van der Waals surface area contributed by atoms with Crippen molar-refractivity contribution >= 4 is 33.8 Å². The molecule has 1 saturated heterocycles. The minimum Gasteiger partial charge on any atom is -0.385 e. The molecule has 2 aromatic carbocycles. The second kappa shape index (κ2) is 6.25. The Kier molecular flexibility index (Phi) is 3.85. The molecule has 1 N–H and O–H groups in total. The van der Waals surface area contributed by atoms with Crippen LogP contribution in [0.4, 0.5) is 5.69 Å². The van der Waals surface area contributed by atoms with Gasteiger partial charge in [-0.25, -0.2) is 0 Å². The van der Waals surface area contributed by atoms with Crippen LogP contribution in [-0.2, 0) is 5.60 Å². The van der Waals surface area contributed by atoms with Crippen LogP contribution in [0.2, 0.25) is 5.02 Å². The van der Waals surface area contributed by atoms with Gasteiger partial charge in [0.25, 0.3) is 0 Å². The van der Waals surface area contributed by atoms with Gasteiger partial charge in [-0.05, 0) is 54.8 Å². The van der Waals surface area contributed by atoms with Gasteiger partial charge in [-0.3, -0.25) is 4.98 Å². The average Bonchev–Trinajstić information content (AvgIpc) is 3.18. The highest BCUT2D eigenvalue weighted by molar-refractivity contribution is 6.30. The maximum atomic E-state index is 11.1. The van der Waals surface area contributed by atoms with E-state index in [1.807, 2.05) is 36.5 Å². The maximum Gasteiger partial charge on any atom is 0.110 e. The molecule has 1 aliphatic heterocycles. The minimum absolute atomic E-state index is 0.677. The van der Waals surface area contributed by atoms with Crippen molar-refractivity contribution < 1.29 is 5.11 Å². The fraction of sp³-hybridized carbons (Fsp3) is 0.227. The number of piperidine rings is 1. The molecule has 0 spiro atoms. The zero-order valence-electron chi connectivity index (χ0n) is 14.8. The van der Waals surface area contributed by atoms with Crippen LogP contribution in [0.25, 0.3) is 16.6 Å². The van der Waals surface area contributed by atoms with Crippen LogP contribution in [0.3, 0.4) is 0 Å². The van der Waals surface area contributed by atoms with E-state index in [4.69, 9.17) is 16.6 Å². The number of benzene rings is 2. The topological polar surface area (TPSA) is 40.8 Å². The highest BCUT2D eigenvalue weighted by Crippen LogP contribution is 2.36. The lowest BCUT2D eigenvalue weighted by Crippen LogP contribution is -2.42. The maximum absolute atomic E-state index is 11.1. The molecular formula is C22H20ClN3O. The summed E-state index contributed by atoms with van der Waals surface area (Å²) < 4.78 is 2.17. The van der Waals surface area contributed by atoms with Gasteiger partial charge in [-0.2, -0.15) is 0 Å². The van der Waals surface area contributed by atoms with Crippen molar-refractivity contribution in [2.45, 2.75) is 18.4 Å².